The van der Waals surface area contributed by atoms with Gasteiger partial charge in [-0.15, -0.1) is 0 Å². The monoisotopic (exact) mass is 397 g/mol. The molecule has 27 heavy (non-hydrogen) atoms. The van der Waals surface area contributed by atoms with Crippen LogP contribution >= 0.6 is 11.8 Å². The van der Waals surface area contributed by atoms with Gasteiger partial charge in [0.15, 0.2) is 5.78 Å². The lowest BCUT2D eigenvalue weighted by Crippen LogP contribution is -2.39. The van der Waals surface area contributed by atoms with Crippen LogP contribution < -0.4 is 0 Å². The number of thioether (sulfide) groups is 1. The minimum absolute atomic E-state index is 0.0538. The molecule has 2 heterocycles. The number of allylic oxidation sites excluding steroid dienone is 2. The standard InChI is InChI=1S/C20H19F4NOS/c1-19(2)7-5-13-16(18(19)26)15(17-14(25-13)6-8-27-17)10-3-4-12(21)11(9-10)20(22,23)24/h3-4,9,15,17H,5-8H2,1-2H3. The van der Waals surface area contributed by atoms with Crippen LogP contribution in [0.1, 0.15) is 50.2 Å². The van der Waals surface area contributed by atoms with Crippen molar-refractivity contribution >= 4 is 23.3 Å². The van der Waals surface area contributed by atoms with Crippen LogP contribution in [0.3, 0.4) is 0 Å². The fourth-order valence-electron chi connectivity index (χ4n) is 4.17. The average molecular weight is 397 g/mol. The Morgan fingerprint density at radius 3 is 2.67 bits per heavy atom. The van der Waals surface area contributed by atoms with E-state index in [0.717, 1.165) is 30.0 Å². The van der Waals surface area contributed by atoms with Crippen molar-refractivity contribution in [1.29, 1.82) is 0 Å². The molecular formula is C20H19F4NOS. The third-order valence-corrected chi connectivity index (χ3v) is 7.03. The molecule has 1 aromatic rings. The fourth-order valence-corrected chi connectivity index (χ4v) is 5.60. The van der Waals surface area contributed by atoms with Crippen molar-refractivity contribution in [2.75, 3.05) is 5.75 Å². The Hall–Kier alpha value is -1.63. The smallest absolute Gasteiger partial charge is 0.294 e. The topological polar surface area (TPSA) is 29.4 Å². The first kappa shape index (κ1) is 18.7. The minimum atomic E-state index is -4.78. The number of nitrogens with zero attached hydrogens (tertiary/aromatic N) is 1. The Morgan fingerprint density at radius 2 is 1.96 bits per heavy atom. The third kappa shape index (κ3) is 3.04. The summed E-state index contributed by atoms with van der Waals surface area (Å²) in [5, 5.41) is -0.159. The fraction of sp³-hybridized carbons (Fsp3) is 0.500. The van der Waals surface area contributed by atoms with Gasteiger partial charge in [0.25, 0.3) is 0 Å². The van der Waals surface area contributed by atoms with Crippen LogP contribution in [0.15, 0.2) is 34.5 Å². The highest BCUT2D eigenvalue weighted by Gasteiger charge is 2.47. The second-order valence-electron chi connectivity index (χ2n) is 7.93. The predicted molar refractivity (Wildman–Crippen MR) is 97.5 cm³/mol. The number of fused-ring (bicyclic) bond motifs is 1. The third-order valence-electron chi connectivity index (χ3n) is 5.69. The normalized spacial score (nSPS) is 27.3. The second-order valence-corrected chi connectivity index (χ2v) is 9.18. The first-order valence-corrected chi connectivity index (χ1v) is 9.98. The van der Waals surface area contributed by atoms with Gasteiger partial charge in [-0.25, -0.2) is 4.39 Å². The molecule has 0 spiro atoms. The first-order valence-electron chi connectivity index (χ1n) is 8.93. The number of alkyl halides is 3. The van der Waals surface area contributed by atoms with Gasteiger partial charge in [0.05, 0.1) is 10.8 Å². The molecule has 2 nitrogen and oxygen atoms in total. The van der Waals surface area contributed by atoms with E-state index in [-0.39, 0.29) is 11.0 Å². The second kappa shape index (κ2) is 6.19. The van der Waals surface area contributed by atoms with E-state index >= 15 is 0 Å². The molecule has 144 valence electrons. The molecule has 2 atom stereocenters. The molecule has 1 saturated heterocycles. The Labute approximate surface area is 159 Å². The number of rotatable bonds is 1. The van der Waals surface area contributed by atoms with E-state index in [1.165, 1.54) is 6.07 Å². The average Bonchev–Trinajstić information content (AvgIpc) is 3.04. The van der Waals surface area contributed by atoms with Crippen LogP contribution in [0.4, 0.5) is 17.6 Å². The lowest BCUT2D eigenvalue weighted by Gasteiger charge is -2.39. The number of halogens is 4. The van der Waals surface area contributed by atoms with Gasteiger partial charge in [0, 0.05) is 28.3 Å². The number of benzene rings is 1. The number of hydrogen-bond donors (Lipinski definition) is 0. The maximum atomic E-state index is 13.8. The largest absolute Gasteiger partial charge is 0.419 e. The van der Waals surface area contributed by atoms with Crippen molar-refractivity contribution in [3.8, 4) is 0 Å². The van der Waals surface area contributed by atoms with Gasteiger partial charge >= 0.3 is 6.18 Å². The number of aliphatic imine (C=N–C) groups is 1. The lowest BCUT2D eigenvalue weighted by atomic mass is 9.68. The van der Waals surface area contributed by atoms with Gasteiger partial charge in [0.2, 0.25) is 0 Å². The van der Waals surface area contributed by atoms with Crippen molar-refractivity contribution in [1.82, 2.24) is 0 Å². The lowest BCUT2D eigenvalue weighted by molar-refractivity contribution is -0.140. The number of carbonyl (C=O) groups is 1. The molecule has 4 rings (SSSR count). The van der Waals surface area contributed by atoms with E-state index < -0.39 is 28.9 Å². The summed E-state index contributed by atoms with van der Waals surface area (Å²) in [6, 6.07) is 3.12. The van der Waals surface area contributed by atoms with Gasteiger partial charge in [-0.2, -0.15) is 24.9 Å². The minimum Gasteiger partial charge on any atom is -0.294 e. The predicted octanol–water partition coefficient (Wildman–Crippen LogP) is 5.53. The first-order chi connectivity index (χ1) is 12.6. The molecule has 0 N–H and O–H groups in total. The zero-order chi connectivity index (χ0) is 19.6. The molecule has 1 fully saturated rings. The number of carbonyl (C=O) groups excluding carboxylic acids is 1. The summed E-state index contributed by atoms with van der Waals surface area (Å²) in [6.07, 6.45) is -2.70. The number of ketones is 1. The molecule has 1 aliphatic carbocycles. The van der Waals surface area contributed by atoms with E-state index in [2.05, 4.69) is 0 Å². The highest BCUT2D eigenvalue weighted by Crippen LogP contribution is 2.51. The van der Waals surface area contributed by atoms with Crippen LogP contribution in [-0.4, -0.2) is 22.5 Å². The highest BCUT2D eigenvalue weighted by atomic mass is 32.2. The molecule has 1 aromatic carbocycles. The maximum Gasteiger partial charge on any atom is 0.419 e. The van der Waals surface area contributed by atoms with Crippen LogP contribution in [-0.2, 0) is 11.0 Å². The Morgan fingerprint density at radius 1 is 1.22 bits per heavy atom. The van der Waals surface area contributed by atoms with Gasteiger partial charge in [-0.1, -0.05) is 19.9 Å². The molecule has 7 heteroatoms. The molecule has 2 aliphatic heterocycles. The summed E-state index contributed by atoms with van der Waals surface area (Å²) in [7, 11) is 0. The summed E-state index contributed by atoms with van der Waals surface area (Å²) < 4.78 is 53.6. The highest BCUT2D eigenvalue weighted by molar-refractivity contribution is 8.01. The molecule has 3 aliphatic rings. The van der Waals surface area contributed by atoms with Gasteiger partial charge < -0.3 is 0 Å². The molecule has 0 aromatic heterocycles. The summed E-state index contributed by atoms with van der Waals surface area (Å²) in [4.78, 5) is 17.9. The molecule has 0 bridgehead atoms. The molecule has 0 amide bonds. The Bertz CT molecular complexity index is 884. The van der Waals surface area contributed by atoms with Crippen LogP contribution in [0, 0.1) is 11.2 Å². The van der Waals surface area contributed by atoms with E-state index in [1.54, 1.807) is 11.8 Å². The van der Waals surface area contributed by atoms with Gasteiger partial charge in [-0.05, 0) is 42.7 Å². The summed E-state index contributed by atoms with van der Waals surface area (Å²) in [5.74, 6) is -1.03. The number of Topliss-reactive ketones (excluding diaryl/α,β-unsaturated/α-hetero) is 1. The van der Waals surface area contributed by atoms with Crippen LogP contribution in [0.5, 0.6) is 0 Å². The van der Waals surface area contributed by atoms with E-state index in [1.807, 2.05) is 13.8 Å². The van der Waals surface area contributed by atoms with E-state index in [0.29, 0.717) is 29.7 Å². The maximum absolute atomic E-state index is 13.8. The van der Waals surface area contributed by atoms with Gasteiger partial charge in [0.1, 0.15) is 5.82 Å². The Balaban J connectivity index is 1.89. The molecular weight excluding hydrogens is 378 g/mol. The van der Waals surface area contributed by atoms with Crippen LogP contribution in [0.25, 0.3) is 0 Å². The van der Waals surface area contributed by atoms with E-state index in [9.17, 15) is 22.4 Å². The molecule has 0 radical (unpaired) electrons. The molecule has 0 saturated carbocycles. The quantitative estimate of drug-likeness (QED) is 0.583. The van der Waals surface area contributed by atoms with Crippen LogP contribution in [0.2, 0.25) is 0 Å². The van der Waals surface area contributed by atoms with E-state index in [4.69, 9.17) is 4.99 Å². The zero-order valence-electron chi connectivity index (χ0n) is 15.0. The van der Waals surface area contributed by atoms with Crippen molar-refractivity contribution in [3.63, 3.8) is 0 Å². The van der Waals surface area contributed by atoms with Crippen molar-refractivity contribution < 1.29 is 22.4 Å². The van der Waals surface area contributed by atoms with Gasteiger partial charge in [-0.3, -0.25) is 9.79 Å². The molecule has 2 unspecified atom stereocenters. The summed E-state index contributed by atoms with van der Waals surface area (Å²) in [6.45, 7) is 3.73. The number of hydrogen-bond acceptors (Lipinski definition) is 3. The Kier molecular flexibility index (Phi) is 4.29. The summed E-state index contributed by atoms with van der Waals surface area (Å²) >= 11 is 1.61. The van der Waals surface area contributed by atoms with Crippen molar-refractivity contribution in [3.05, 3.63) is 46.4 Å². The summed E-state index contributed by atoms with van der Waals surface area (Å²) in [5.41, 5.74) is 0.658. The van der Waals surface area contributed by atoms with Crippen molar-refractivity contribution in [2.45, 2.75) is 50.5 Å². The van der Waals surface area contributed by atoms with Crippen molar-refractivity contribution in [2.24, 2.45) is 10.4 Å². The SMILES string of the molecule is CC1(C)CCC2=C(C1=O)C(c1ccc(F)c(C(F)(F)F)c1)C1SCCC1=N2. The zero-order valence-corrected chi connectivity index (χ0v) is 15.8.